The van der Waals surface area contributed by atoms with Gasteiger partial charge in [-0.3, -0.25) is 4.79 Å². The van der Waals surface area contributed by atoms with Gasteiger partial charge >= 0.3 is 5.97 Å². The van der Waals surface area contributed by atoms with Gasteiger partial charge in [-0.05, 0) is 13.0 Å². The second-order valence-electron chi connectivity index (χ2n) is 3.33. The number of carbonyl (C=O) groups excluding carboxylic acids is 1. The lowest BCUT2D eigenvalue weighted by Crippen LogP contribution is -2.38. The van der Waals surface area contributed by atoms with Crippen LogP contribution in [0.15, 0.2) is 18.2 Å². The lowest BCUT2D eigenvalue weighted by atomic mass is 10.1. The summed E-state index contributed by atoms with van der Waals surface area (Å²) >= 11 is 0. The molecule has 6 heteroatoms. The highest BCUT2D eigenvalue weighted by Crippen LogP contribution is 2.17. The van der Waals surface area contributed by atoms with Gasteiger partial charge in [0.1, 0.15) is 12.1 Å². The van der Waals surface area contributed by atoms with Crippen molar-refractivity contribution in [2.75, 3.05) is 13.7 Å². The average Bonchev–Trinajstić information content (AvgIpc) is 2.37. The van der Waals surface area contributed by atoms with Gasteiger partial charge in [0, 0.05) is 6.07 Å². The largest absolute Gasteiger partial charge is 0.481 e. The van der Waals surface area contributed by atoms with Gasteiger partial charge in [-0.1, -0.05) is 6.07 Å². The molecule has 0 amide bonds. The van der Waals surface area contributed by atoms with E-state index >= 15 is 0 Å². The fourth-order valence-corrected chi connectivity index (χ4v) is 1.26. The molecule has 0 aliphatic rings. The monoisotopic (exact) mass is 240 g/mol. The Kier molecular flexibility index (Phi) is 4.86. The SMILES string of the molecule is CCOC(=O)C(N)C(O)c1cccc(OC)n1. The maximum atomic E-state index is 11.3. The quantitative estimate of drug-likeness (QED) is 0.704. The average molecular weight is 240 g/mol. The zero-order valence-corrected chi connectivity index (χ0v) is 9.79. The molecule has 3 N–H and O–H groups in total. The number of nitrogens with two attached hydrogens (primary N) is 1. The molecule has 2 unspecified atom stereocenters. The first-order chi connectivity index (χ1) is 8.10. The number of hydrogen-bond donors (Lipinski definition) is 2. The molecule has 0 saturated heterocycles. The van der Waals surface area contributed by atoms with E-state index < -0.39 is 18.1 Å². The highest BCUT2D eigenvalue weighted by atomic mass is 16.5. The lowest BCUT2D eigenvalue weighted by Gasteiger charge is -2.17. The van der Waals surface area contributed by atoms with E-state index in [1.54, 1.807) is 25.1 Å². The molecule has 1 rings (SSSR count). The molecule has 1 aromatic heterocycles. The summed E-state index contributed by atoms with van der Waals surface area (Å²) in [5.41, 5.74) is 5.83. The number of pyridine rings is 1. The second kappa shape index (κ2) is 6.17. The maximum absolute atomic E-state index is 11.3. The van der Waals surface area contributed by atoms with E-state index in [9.17, 15) is 9.90 Å². The third kappa shape index (κ3) is 3.40. The Morgan fingerprint density at radius 1 is 1.59 bits per heavy atom. The number of ether oxygens (including phenoxy) is 2. The third-order valence-electron chi connectivity index (χ3n) is 2.16. The van der Waals surface area contributed by atoms with Crippen LogP contribution in [0.5, 0.6) is 5.88 Å². The summed E-state index contributed by atoms with van der Waals surface area (Å²) in [7, 11) is 1.46. The van der Waals surface area contributed by atoms with Crippen molar-refractivity contribution in [2.45, 2.75) is 19.1 Å². The fourth-order valence-electron chi connectivity index (χ4n) is 1.26. The lowest BCUT2D eigenvalue weighted by molar-refractivity contribution is -0.147. The Morgan fingerprint density at radius 2 is 2.29 bits per heavy atom. The Labute approximate surface area is 99.4 Å². The number of carbonyl (C=O) groups is 1. The van der Waals surface area contributed by atoms with Gasteiger partial charge in [-0.25, -0.2) is 4.98 Å². The molecule has 0 bridgehead atoms. The smallest absolute Gasteiger partial charge is 0.326 e. The van der Waals surface area contributed by atoms with Gasteiger partial charge in [-0.15, -0.1) is 0 Å². The van der Waals surface area contributed by atoms with Crippen molar-refractivity contribution in [1.82, 2.24) is 4.98 Å². The summed E-state index contributed by atoms with van der Waals surface area (Å²) in [5.74, 6) is -0.317. The molecular formula is C11H16N2O4. The number of hydrogen-bond acceptors (Lipinski definition) is 6. The minimum Gasteiger partial charge on any atom is -0.481 e. The van der Waals surface area contributed by atoms with Crippen LogP contribution < -0.4 is 10.5 Å². The Bertz CT molecular complexity index is 383. The van der Waals surface area contributed by atoms with E-state index in [0.29, 0.717) is 5.88 Å². The van der Waals surface area contributed by atoms with E-state index in [2.05, 4.69) is 4.98 Å². The van der Waals surface area contributed by atoms with Crippen LogP contribution >= 0.6 is 0 Å². The summed E-state index contributed by atoms with van der Waals surface area (Å²) in [6, 6.07) is 3.69. The summed E-state index contributed by atoms with van der Waals surface area (Å²) in [6.07, 6.45) is -1.22. The molecule has 17 heavy (non-hydrogen) atoms. The highest BCUT2D eigenvalue weighted by Gasteiger charge is 2.26. The normalized spacial score (nSPS) is 13.9. The number of aliphatic hydroxyl groups is 1. The molecule has 0 spiro atoms. The predicted octanol–water partition coefficient (Wildman–Crippen LogP) is 0.0140. The van der Waals surface area contributed by atoms with Crippen LogP contribution in [0.25, 0.3) is 0 Å². The molecule has 1 aromatic rings. The molecule has 0 aliphatic carbocycles. The molecule has 94 valence electrons. The minimum absolute atomic E-state index is 0.213. The van der Waals surface area contributed by atoms with E-state index in [1.165, 1.54) is 7.11 Å². The van der Waals surface area contributed by atoms with E-state index in [4.69, 9.17) is 15.2 Å². The number of methoxy groups -OCH3 is 1. The maximum Gasteiger partial charge on any atom is 0.326 e. The number of nitrogens with zero attached hydrogens (tertiary/aromatic N) is 1. The van der Waals surface area contributed by atoms with Crippen molar-refractivity contribution in [3.63, 3.8) is 0 Å². The summed E-state index contributed by atoms with van der Waals surface area (Å²) in [6.45, 7) is 1.88. The van der Waals surface area contributed by atoms with Gasteiger partial charge in [0.05, 0.1) is 19.4 Å². The topological polar surface area (TPSA) is 94.7 Å². The van der Waals surface area contributed by atoms with Gasteiger partial charge < -0.3 is 20.3 Å². The molecule has 6 nitrogen and oxygen atoms in total. The molecule has 0 fully saturated rings. The number of rotatable bonds is 5. The summed E-state index contributed by atoms with van der Waals surface area (Å²) < 4.78 is 9.63. The zero-order chi connectivity index (χ0) is 12.8. The van der Waals surface area contributed by atoms with Crippen molar-refractivity contribution in [3.8, 4) is 5.88 Å². The van der Waals surface area contributed by atoms with Gasteiger partial charge in [0.2, 0.25) is 5.88 Å². The van der Waals surface area contributed by atoms with E-state index in [-0.39, 0.29) is 12.3 Å². The van der Waals surface area contributed by atoms with Crippen LogP contribution in [-0.4, -0.2) is 35.8 Å². The van der Waals surface area contributed by atoms with Crippen LogP contribution in [-0.2, 0) is 9.53 Å². The van der Waals surface area contributed by atoms with Crippen LogP contribution in [0.3, 0.4) is 0 Å². The standard InChI is InChI=1S/C11H16N2O4/c1-3-17-11(15)9(12)10(14)7-5-4-6-8(13-7)16-2/h4-6,9-10,14H,3,12H2,1-2H3. The molecule has 0 aromatic carbocycles. The summed E-state index contributed by atoms with van der Waals surface area (Å²) in [4.78, 5) is 15.3. The van der Waals surface area contributed by atoms with E-state index in [1.807, 2.05) is 0 Å². The molecule has 1 heterocycles. The van der Waals surface area contributed by atoms with Crippen LogP contribution in [0.2, 0.25) is 0 Å². The first-order valence-electron chi connectivity index (χ1n) is 5.21. The Morgan fingerprint density at radius 3 is 2.88 bits per heavy atom. The predicted molar refractivity (Wildman–Crippen MR) is 60.4 cm³/mol. The van der Waals surface area contributed by atoms with E-state index in [0.717, 1.165) is 0 Å². The molecule has 0 saturated carbocycles. The third-order valence-corrected chi connectivity index (χ3v) is 2.16. The van der Waals surface area contributed by atoms with Crippen LogP contribution in [0.1, 0.15) is 18.7 Å². The molecule has 0 radical (unpaired) electrons. The second-order valence-corrected chi connectivity index (χ2v) is 3.33. The summed E-state index contributed by atoms with van der Waals surface area (Å²) in [5, 5.41) is 9.86. The molecule has 0 aliphatic heterocycles. The van der Waals surface area contributed by atoms with Crippen molar-refractivity contribution >= 4 is 5.97 Å². The van der Waals surface area contributed by atoms with Crippen molar-refractivity contribution < 1.29 is 19.4 Å². The first kappa shape index (κ1) is 13.4. The van der Waals surface area contributed by atoms with Crippen LogP contribution in [0, 0.1) is 0 Å². The molecule has 2 atom stereocenters. The van der Waals surface area contributed by atoms with Gasteiger partial charge in [0.25, 0.3) is 0 Å². The Hall–Kier alpha value is -1.66. The van der Waals surface area contributed by atoms with Crippen molar-refractivity contribution in [2.24, 2.45) is 5.73 Å². The highest BCUT2D eigenvalue weighted by molar-refractivity contribution is 5.76. The van der Waals surface area contributed by atoms with Crippen LogP contribution in [0.4, 0.5) is 0 Å². The molecular weight excluding hydrogens is 224 g/mol. The number of esters is 1. The fraction of sp³-hybridized carbons (Fsp3) is 0.455. The Balaban J connectivity index is 2.80. The van der Waals surface area contributed by atoms with Crippen molar-refractivity contribution in [1.29, 1.82) is 0 Å². The minimum atomic E-state index is -1.22. The zero-order valence-electron chi connectivity index (χ0n) is 9.79. The number of aliphatic hydroxyl groups excluding tert-OH is 1. The number of aromatic nitrogens is 1. The first-order valence-corrected chi connectivity index (χ1v) is 5.21. The van der Waals surface area contributed by atoms with Gasteiger partial charge in [-0.2, -0.15) is 0 Å². The van der Waals surface area contributed by atoms with Gasteiger partial charge in [0.15, 0.2) is 0 Å². The van der Waals surface area contributed by atoms with Crippen molar-refractivity contribution in [3.05, 3.63) is 23.9 Å².